The predicted molar refractivity (Wildman–Crippen MR) is 85.6 cm³/mol. The van der Waals surface area contributed by atoms with Crippen molar-refractivity contribution in [2.45, 2.75) is 19.8 Å². The highest BCUT2D eigenvalue weighted by Gasteiger charge is 2.32. The van der Waals surface area contributed by atoms with E-state index in [1.807, 2.05) is 0 Å². The van der Waals surface area contributed by atoms with Crippen LogP contribution in [0.3, 0.4) is 0 Å². The Bertz CT molecular complexity index is 524. The first kappa shape index (κ1) is 15.9. The molecule has 1 aromatic carbocycles. The zero-order chi connectivity index (χ0) is 15.5. The molecule has 0 bridgehead atoms. The number of nitrogens with two attached hydrogens (primary N) is 1. The van der Waals surface area contributed by atoms with Crippen molar-refractivity contribution < 1.29 is 9.18 Å². The fraction of sp³-hybridized carbons (Fsp3) is 0.467. The molecule has 0 spiro atoms. The van der Waals surface area contributed by atoms with Gasteiger partial charge in [-0.15, -0.1) is 0 Å². The van der Waals surface area contributed by atoms with Gasteiger partial charge in [-0.2, -0.15) is 0 Å². The van der Waals surface area contributed by atoms with E-state index in [-0.39, 0.29) is 17.1 Å². The van der Waals surface area contributed by atoms with Crippen LogP contribution in [0, 0.1) is 11.2 Å². The van der Waals surface area contributed by atoms with Crippen LogP contribution in [0.2, 0.25) is 0 Å². The lowest BCUT2D eigenvalue weighted by atomic mass is 9.80. The SMILES string of the molecule is CC1(C(N)=S)CCN(CC(=O)Nc2ccc(F)cc2)CC1. The number of carbonyl (C=O) groups is 1. The lowest BCUT2D eigenvalue weighted by Gasteiger charge is -2.38. The Morgan fingerprint density at radius 1 is 1.38 bits per heavy atom. The molecule has 0 saturated carbocycles. The highest BCUT2D eigenvalue weighted by molar-refractivity contribution is 7.80. The number of anilines is 1. The molecule has 0 aromatic heterocycles. The quantitative estimate of drug-likeness (QED) is 0.837. The topological polar surface area (TPSA) is 58.4 Å². The van der Waals surface area contributed by atoms with Crippen LogP contribution in [0.15, 0.2) is 24.3 Å². The summed E-state index contributed by atoms with van der Waals surface area (Å²) in [6, 6.07) is 5.75. The number of hydrogen-bond acceptors (Lipinski definition) is 3. The summed E-state index contributed by atoms with van der Waals surface area (Å²) >= 11 is 5.10. The van der Waals surface area contributed by atoms with Crippen molar-refractivity contribution in [3.8, 4) is 0 Å². The van der Waals surface area contributed by atoms with Crippen LogP contribution < -0.4 is 11.1 Å². The maximum absolute atomic E-state index is 12.8. The van der Waals surface area contributed by atoms with E-state index in [0.717, 1.165) is 25.9 Å². The van der Waals surface area contributed by atoms with Crippen LogP contribution >= 0.6 is 12.2 Å². The Balaban J connectivity index is 1.82. The van der Waals surface area contributed by atoms with Gasteiger partial charge in [0, 0.05) is 11.1 Å². The second-order valence-electron chi connectivity index (χ2n) is 5.76. The van der Waals surface area contributed by atoms with Gasteiger partial charge in [0.2, 0.25) is 5.91 Å². The van der Waals surface area contributed by atoms with Crippen LogP contribution in [-0.2, 0) is 4.79 Å². The number of thiocarbonyl (C=S) groups is 1. The standard InChI is InChI=1S/C15H20FN3OS/c1-15(14(17)21)6-8-19(9-7-15)10-13(20)18-12-4-2-11(16)3-5-12/h2-5H,6-10H2,1H3,(H2,17,21)(H,18,20). The average molecular weight is 309 g/mol. The van der Waals surface area contributed by atoms with E-state index < -0.39 is 0 Å². The average Bonchev–Trinajstić information content (AvgIpc) is 2.44. The monoisotopic (exact) mass is 309 g/mol. The number of halogens is 1. The number of amides is 1. The molecule has 0 radical (unpaired) electrons. The zero-order valence-electron chi connectivity index (χ0n) is 12.1. The number of rotatable bonds is 4. The van der Waals surface area contributed by atoms with E-state index in [1.165, 1.54) is 12.1 Å². The molecular weight excluding hydrogens is 289 g/mol. The summed E-state index contributed by atoms with van der Waals surface area (Å²) in [5.41, 5.74) is 6.27. The molecule has 1 aliphatic heterocycles. The van der Waals surface area contributed by atoms with Crippen molar-refractivity contribution >= 4 is 28.8 Å². The number of nitrogens with zero attached hydrogens (tertiary/aromatic N) is 1. The predicted octanol–water partition coefficient (Wildman–Crippen LogP) is 2.15. The van der Waals surface area contributed by atoms with Gasteiger partial charge in [-0.25, -0.2) is 4.39 Å². The van der Waals surface area contributed by atoms with Crippen molar-refractivity contribution in [1.82, 2.24) is 4.90 Å². The number of likely N-dealkylation sites (tertiary alicyclic amines) is 1. The van der Waals surface area contributed by atoms with Gasteiger partial charge in [0.1, 0.15) is 5.82 Å². The highest BCUT2D eigenvalue weighted by Crippen LogP contribution is 2.30. The Hall–Kier alpha value is -1.53. The van der Waals surface area contributed by atoms with Crippen LogP contribution in [0.4, 0.5) is 10.1 Å². The Morgan fingerprint density at radius 2 is 1.95 bits per heavy atom. The third-order valence-corrected chi connectivity index (χ3v) is 4.54. The lowest BCUT2D eigenvalue weighted by molar-refractivity contribution is -0.117. The number of carbonyl (C=O) groups excluding carboxylic acids is 1. The van der Waals surface area contributed by atoms with Crippen molar-refractivity contribution in [1.29, 1.82) is 0 Å². The summed E-state index contributed by atoms with van der Waals surface area (Å²) in [5.74, 6) is -0.415. The second-order valence-corrected chi connectivity index (χ2v) is 6.20. The van der Waals surface area contributed by atoms with Crippen molar-refractivity contribution in [3.05, 3.63) is 30.1 Å². The first-order valence-electron chi connectivity index (χ1n) is 6.97. The summed E-state index contributed by atoms with van der Waals surface area (Å²) in [6.45, 7) is 3.99. The molecule has 0 atom stereocenters. The second kappa shape index (κ2) is 6.49. The molecule has 6 heteroatoms. The molecule has 3 N–H and O–H groups in total. The molecular formula is C15H20FN3OS. The van der Waals surface area contributed by atoms with E-state index in [1.54, 1.807) is 12.1 Å². The normalized spacial score (nSPS) is 18.2. The minimum Gasteiger partial charge on any atom is -0.393 e. The first-order chi connectivity index (χ1) is 9.89. The smallest absolute Gasteiger partial charge is 0.238 e. The first-order valence-corrected chi connectivity index (χ1v) is 7.37. The summed E-state index contributed by atoms with van der Waals surface area (Å²) in [7, 11) is 0. The summed E-state index contributed by atoms with van der Waals surface area (Å²) in [4.78, 5) is 14.6. The lowest BCUT2D eigenvalue weighted by Crippen LogP contribution is -2.46. The molecule has 1 saturated heterocycles. The third-order valence-electron chi connectivity index (χ3n) is 4.05. The molecule has 0 aliphatic carbocycles. The van der Waals surface area contributed by atoms with Gasteiger partial charge in [0.15, 0.2) is 0 Å². The summed E-state index contributed by atoms with van der Waals surface area (Å²) in [6.07, 6.45) is 1.73. The minimum absolute atomic E-state index is 0.0967. The van der Waals surface area contributed by atoms with Gasteiger partial charge < -0.3 is 11.1 Å². The summed E-state index contributed by atoms with van der Waals surface area (Å²) in [5, 5.41) is 2.76. The molecule has 4 nitrogen and oxygen atoms in total. The van der Waals surface area contributed by atoms with Crippen molar-refractivity contribution in [3.63, 3.8) is 0 Å². The molecule has 114 valence electrons. The molecule has 1 amide bonds. The van der Waals surface area contributed by atoms with Gasteiger partial charge in [-0.1, -0.05) is 19.1 Å². The Kier molecular flexibility index (Phi) is 4.90. The molecule has 1 heterocycles. The Morgan fingerprint density at radius 3 is 2.48 bits per heavy atom. The number of hydrogen-bond donors (Lipinski definition) is 2. The van der Waals surface area contributed by atoms with Gasteiger partial charge in [-0.3, -0.25) is 9.69 Å². The van der Waals surface area contributed by atoms with E-state index in [2.05, 4.69) is 17.1 Å². The fourth-order valence-corrected chi connectivity index (χ4v) is 2.59. The third kappa shape index (κ3) is 4.22. The van der Waals surface area contributed by atoms with E-state index >= 15 is 0 Å². The minimum atomic E-state index is -0.318. The van der Waals surface area contributed by atoms with Crippen molar-refractivity contribution in [2.75, 3.05) is 25.0 Å². The van der Waals surface area contributed by atoms with Crippen LogP contribution in [0.25, 0.3) is 0 Å². The maximum Gasteiger partial charge on any atom is 0.238 e. The van der Waals surface area contributed by atoms with Crippen molar-refractivity contribution in [2.24, 2.45) is 11.1 Å². The summed E-state index contributed by atoms with van der Waals surface area (Å²) < 4.78 is 12.8. The van der Waals surface area contributed by atoms with Crippen LogP contribution in [-0.4, -0.2) is 35.4 Å². The number of benzene rings is 1. The van der Waals surface area contributed by atoms with E-state index in [9.17, 15) is 9.18 Å². The molecule has 21 heavy (non-hydrogen) atoms. The van der Waals surface area contributed by atoms with Gasteiger partial charge in [0.05, 0.1) is 11.5 Å². The number of nitrogens with one attached hydrogen (secondary N) is 1. The molecule has 1 aromatic rings. The Labute approximate surface area is 129 Å². The van der Waals surface area contributed by atoms with Crippen LogP contribution in [0.1, 0.15) is 19.8 Å². The van der Waals surface area contributed by atoms with Crippen LogP contribution in [0.5, 0.6) is 0 Å². The molecule has 0 unspecified atom stereocenters. The number of piperidine rings is 1. The fourth-order valence-electron chi connectivity index (χ4n) is 2.39. The largest absolute Gasteiger partial charge is 0.393 e. The molecule has 2 rings (SSSR count). The van der Waals surface area contributed by atoms with Gasteiger partial charge in [-0.05, 0) is 50.2 Å². The zero-order valence-corrected chi connectivity index (χ0v) is 12.9. The maximum atomic E-state index is 12.8. The van der Waals surface area contributed by atoms with Gasteiger partial charge in [0.25, 0.3) is 0 Å². The highest BCUT2D eigenvalue weighted by atomic mass is 32.1. The van der Waals surface area contributed by atoms with E-state index in [0.29, 0.717) is 17.2 Å². The van der Waals surface area contributed by atoms with Gasteiger partial charge >= 0.3 is 0 Å². The molecule has 1 aliphatic rings. The van der Waals surface area contributed by atoms with E-state index in [4.69, 9.17) is 18.0 Å². The molecule has 1 fully saturated rings.